The number of hydrogen-bond acceptors (Lipinski definition) is 7. The number of methoxy groups -OCH3 is 1. The van der Waals surface area contributed by atoms with Gasteiger partial charge in [0.2, 0.25) is 5.16 Å². The van der Waals surface area contributed by atoms with Crippen molar-refractivity contribution in [2.45, 2.75) is 5.16 Å². The Morgan fingerprint density at radius 3 is 2.80 bits per heavy atom. The molecule has 1 heterocycles. The molecule has 0 bridgehead atoms. The summed E-state index contributed by atoms with van der Waals surface area (Å²) in [5.74, 6) is 0.752. The lowest BCUT2D eigenvalue weighted by Crippen LogP contribution is -2.30. The average Bonchev–Trinajstić information content (AvgIpc) is 3.03. The summed E-state index contributed by atoms with van der Waals surface area (Å²) < 4.78 is 6.70. The third kappa shape index (κ3) is 5.08. The summed E-state index contributed by atoms with van der Waals surface area (Å²) in [7, 11) is 4.75. The lowest BCUT2D eigenvalue weighted by atomic mass is 10.1. The molecule has 0 aliphatic carbocycles. The van der Waals surface area contributed by atoms with Gasteiger partial charge in [-0.2, -0.15) is 0 Å². The number of benzene rings is 1. The average molecular weight is 365 g/mol. The largest absolute Gasteiger partial charge is 0.496 e. The van der Waals surface area contributed by atoms with E-state index in [0.717, 1.165) is 0 Å². The third-order valence-electron chi connectivity index (χ3n) is 3.13. The molecule has 0 fully saturated rings. The Morgan fingerprint density at radius 2 is 2.16 bits per heavy atom. The van der Waals surface area contributed by atoms with E-state index in [1.54, 1.807) is 29.9 Å². The second kappa shape index (κ2) is 8.87. The van der Waals surface area contributed by atoms with Crippen LogP contribution in [-0.4, -0.2) is 58.6 Å². The van der Waals surface area contributed by atoms with Gasteiger partial charge >= 0.3 is 6.03 Å². The molecule has 0 spiro atoms. The van der Waals surface area contributed by atoms with Crippen LogP contribution in [0.5, 0.6) is 5.75 Å². The molecule has 0 aliphatic rings. The second-order valence-corrected chi connectivity index (χ2v) is 5.87. The molecule has 0 radical (unpaired) electrons. The van der Waals surface area contributed by atoms with Crippen molar-refractivity contribution in [2.75, 3.05) is 31.8 Å². The van der Waals surface area contributed by atoms with Crippen molar-refractivity contribution in [3.05, 3.63) is 23.8 Å². The lowest BCUT2D eigenvalue weighted by Gasteiger charge is -2.11. The van der Waals surface area contributed by atoms with E-state index in [1.807, 2.05) is 0 Å². The molecule has 10 nitrogen and oxygen atoms in total. The number of carbonyl (C=O) groups is 2. The number of aromatic nitrogens is 4. The highest BCUT2D eigenvalue weighted by atomic mass is 32.2. The van der Waals surface area contributed by atoms with E-state index in [4.69, 9.17) is 4.74 Å². The number of hydrogen-bond donors (Lipinski definition) is 3. The lowest BCUT2D eigenvalue weighted by molar-refractivity contribution is 0.0960. The predicted molar refractivity (Wildman–Crippen MR) is 92.9 cm³/mol. The summed E-state index contributed by atoms with van der Waals surface area (Å²) in [4.78, 5) is 23.8. The SMILES string of the molecule is CNC(=O)c1cc(NC(=O)NCCSc2nnnn2C)ccc1OC. The first-order chi connectivity index (χ1) is 12.0. The minimum atomic E-state index is -0.371. The van der Waals surface area contributed by atoms with Crippen LogP contribution in [0.1, 0.15) is 10.4 Å². The molecule has 0 atom stereocenters. The zero-order chi connectivity index (χ0) is 18.2. The van der Waals surface area contributed by atoms with Crippen LogP contribution < -0.4 is 20.7 Å². The molecule has 11 heteroatoms. The molecule has 0 saturated heterocycles. The molecule has 0 saturated carbocycles. The van der Waals surface area contributed by atoms with Gasteiger partial charge in [-0.25, -0.2) is 9.48 Å². The number of anilines is 1. The van der Waals surface area contributed by atoms with Crippen LogP contribution in [0.4, 0.5) is 10.5 Å². The molecule has 2 rings (SSSR count). The fraction of sp³-hybridized carbons (Fsp3) is 0.357. The van der Waals surface area contributed by atoms with Gasteiger partial charge in [-0.1, -0.05) is 11.8 Å². The van der Waals surface area contributed by atoms with Crippen LogP contribution >= 0.6 is 11.8 Å². The summed E-state index contributed by atoms with van der Waals surface area (Å²) in [6.45, 7) is 0.432. The number of carbonyl (C=O) groups excluding carboxylic acids is 2. The number of ether oxygens (including phenoxy) is 1. The van der Waals surface area contributed by atoms with Gasteiger partial charge in [-0.15, -0.1) is 5.10 Å². The molecule has 0 aliphatic heterocycles. The highest BCUT2D eigenvalue weighted by Crippen LogP contribution is 2.22. The van der Waals surface area contributed by atoms with Crippen molar-refractivity contribution in [1.82, 2.24) is 30.8 Å². The maximum atomic E-state index is 11.9. The van der Waals surface area contributed by atoms with E-state index in [1.165, 1.54) is 25.9 Å². The zero-order valence-electron chi connectivity index (χ0n) is 14.1. The van der Waals surface area contributed by atoms with E-state index in [0.29, 0.717) is 34.5 Å². The zero-order valence-corrected chi connectivity index (χ0v) is 14.9. The van der Waals surface area contributed by atoms with Gasteiger partial charge in [-0.3, -0.25) is 4.79 Å². The van der Waals surface area contributed by atoms with Gasteiger partial charge < -0.3 is 20.7 Å². The molecular weight excluding hydrogens is 346 g/mol. The number of nitrogens with one attached hydrogen (secondary N) is 3. The van der Waals surface area contributed by atoms with Crippen molar-refractivity contribution in [2.24, 2.45) is 7.05 Å². The highest BCUT2D eigenvalue weighted by molar-refractivity contribution is 7.99. The molecule has 3 N–H and O–H groups in total. The van der Waals surface area contributed by atoms with Crippen molar-refractivity contribution in [3.63, 3.8) is 0 Å². The standard InChI is InChI=1S/C14H19N7O3S/c1-15-12(22)10-8-9(4-5-11(10)24-3)17-13(23)16-6-7-25-14-18-19-20-21(14)2/h4-5,8H,6-7H2,1-3H3,(H,15,22)(H2,16,17,23). The molecule has 1 aromatic heterocycles. The number of thioether (sulfide) groups is 1. The van der Waals surface area contributed by atoms with Crippen LogP contribution in [0.15, 0.2) is 23.4 Å². The Labute approximate surface area is 148 Å². The summed E-state index contributed by atoms with van der Waals surface area (Å²) in [6.07, 6.45) is 0. The van der Waals surface area contributed by atoms with E-state index in [-0.39, 0.29) is 11.9 Å². The van der Waals surface area contributed by atoms with Crippen LogP contribution in [0.25, 0.3) is 0 Å². The summed E-state index contributed by atoms with van der Waals surface area (Å²) in [5, 5.41) is 19.7. The molecule has 0 unspecified atom stereocenters. The fourth-order valence-electron chi connectivity index (χ4n) is 1.92. The van der Waals surface area contributed by atoms with Gasteiger partial charge in [0.15, 0.2) is 0 Å². The van der Waals surface area contributed by atoms with Crippen LogP contribution in [0.2, 0.25) is 0 Å². The molecule has 3 amide bonds. The van der Waals surface area contributed by atoms with Gasteiger partial charge in [0.05, 0.1) is 12.7 Å². The van der Waals surface area contributed by atoms with Gasteiger partial charge in [0, 0.05) is 32.1 Å². The third-order valence-corrected chi connectivity index (χ3v) is 4.14. The topological polar surface area (TPSA) is 123 Å². The van der Waals surface area contributed by atoms with Gasteiger partial charge in [0.25, 0.3) is 5.91 Å². The van der Waals surface area contributed by atoms with Crippen molar-refractivity contribution in [3.8, 4) is 5.75 Å². The number of tetrazole rings is 1. The number of amides is 3. The van der Waals surface area contributed by atoms with E-state index >= 15 is 0 Å². The Balaban J connectivity index is 1.85. The van der Waals surface area contributed by atoms with Crippen LogP contribution in [0.3, 0.4) is 0 Å². The Hall–Kier alpha value is -2.82. The predicted octanol–water partition coefficient (Wildman–Crippen LogP) is 0.492. The number of rotatable bonds is 7. The molecule has 25 heavy (non-hydrogen) atoms. The van der Waals surface area contributed by atoms with E-state index in [9.17, 15) is 9.59 Å². The number of aryl methyl sites for hydroxylation is 1. The Kier molecular flexibility index (Phi) is 6.57. The summed E-state index contributed by atoms with van der Waals surface area (Å²) in [5.41, 5.74) is 0.829. The highest BCUT2D eigenvalue weighted by Gasteiger charge is 2.12. The van der Waals surface area contributed by atoms with Gasteiger partial charge in [-0.05, 0) is 28.6 Å². The Bertz CT molecular complexity index is 750. The van der Waals surface area contributed by atoms with Crippen molar-refractivity contribution in [1.29, 1.82) is 0 Å². The first-order valence-corrected chi connectivity index (χ1v) is 8.34. The smallest absolute Gasteiger partial charge is 0.319 e. The van der Waals surface area contributed by atoms with Crippen LogP contribution in [0, 0.1) is 0 Å². The number of nitrogens with zero attached hydrogens (tertiary/aromatic N) is 4. The minimum absolute atomic E-state index is 0.297. The molecule has 1 aromatic carbocycles. The van der Waals surface area contributed by atoms with Gasteiger partial charge in [0.1, 0.15) is 5.75 Å². The number of urea groups is 1. The minimum Gasteiger partial charge on any atom is -0.496 e. The quantitative estimate of drug-likeness (QED) is 0.482. The van der Waals surface area contributed by atoms with E-state index < -0.39 is 0 Å². The first-order valence-electron chi connectivity index (χ1n) is 7.35. The first kappa shape index (κ1) is 18.5. The van der Waals surface area contributed by atoms with Crippen LogP contribution in [-0.2, 0) is 7.05 Å². The maximum Gasteiger partial charge on any atom is 0.319 e. The molecular formula is C14H19N7O3S. The Morgan fingerprint density at radius 1 is 1.36 bits per heavy atom. The summed E-state index contributed by atoms with van der Waals surface area (Å²) in [6, 6.07) is 4.46. The maximum absolute atomic E-state index is 11.9. The normalized spacial score (nSPS) is 10.2. The molecule has 134 valence electrons. The monoisotopic (exact) mass is 365 g/mol. The second-order valence-electron chi connectivity index (χ2n) is 4.81. The summed E-state index contributed by atoms with van der Waals surface area (Å²) >= 11 is 1.43. The molecule has 2 aromatic rings. The fourth-order valence-corrected chi connectivity index (χ4v) is 2.63. The van der Waals surface area contributed by atoms with Crippen molar-refractivity contribution >= 4 is 29.4 Å². The van der Waals surface area contributed by atoms with E-state index in [2.05, 4.69) is 31.5 Å². The van der Waals surface area contributed by atoms with Crippen molar-refractivity contribution < 1.29 is 14.3 Å².